The van der Waals surface area contributed by atoms with Crippen molar-refractivity contribution in [2.24, 2.45) is 0 Å². The molecule has 1 amide bonds. The Hall–Kier alpha value is -3.00. The summed E-state index contributed by atoms with van der Waals surface area (Å²) in [5.41, 5.74) is 4.10. The first-order chi connectivity index (χ1) is 11.3. The van der Waals surface area contributed by atoms with Crippen molar-refractivity contribution >= 4 is 23.0 Å². The third-order valence-electron chi connectivity index (χ3n) is 3.84. The van der Waals surface area contributed by atoms with E-state index >= 15 is 0 Å². The molecular weight excluding hydrogens is 288 g/mol. The van der Waals surface area contributed by atoms with Crippen molar-refractivity contribution in [2.75, 3.05) is 22.5 Å². The standard InChI is InChI=1S/C18H18N4O/c19-11-9-18(23)21-14-7-5-13(6-8-14)15-10-12-20-16-3-1-2-4-17(16)22-15/h1-8,15,20,22H,9-10,12H2,(H,21,23). The number of amides is 1. The van der Waals surface area contributed by atoms with Gasteiger partial charge < -0.3 is 16.0 Å². The van der Waals surface area contributed by atoms with Crippen LogP contribution in [0.3, 0.4) is 0 Å². The van der Waals surface area contributed by atoms with Crippen LogP contribution in [0.4, 0.5) is 17.1 Å². The van der Waals surface area contributed by atoms with Crippen molar-refractivity contribution in [3.05, 3.63) is 54.1 Å². The average Bonchev–Trinajstić information content (AvgIpc) is 2.78. The quantitative estimate of drug-likeness (QED) is 0.811. The molecule has 1 aliphatic rings. The fraction of sp³-hybridized carbons (Fsp3) is 0.222. The molecule has 5 nitrogen and oxygen atoms in total. The van der Waals surface area contributed by atoms with Gasteiger partial charge in [-0.1, -0.05) is 24.3 Å². The molecule has 0 spiro atoms. The summed E-state index contributed by atoms with van der Waals surface area (Å²) in [6, 6.07) is 18.0. The van der Waals surface area contributed by atoms with Gasteiger partial charge in [-0.15, -0.1) is 0 Å². The molecule has 0 aliphatic carbocycles. The van der Waals surface area contributed by atoms with Crippen molar-refractivity contribution in [2.45, 2.75) is 18.9 Å². The lowest BCUT2D eigenvalue weighted by Gasteiger charge is -2.18. The van der Waals surface area contributed by atoms with Crippen LogP contribution in [0.25, 0.3) is 0 Å². The van der Waals surface area contributed by atoms with E-state index in [1.165, 1.54) is 5.56 Å². The first kappa shape index (κ1) is 14.9. The van der Waals surface area contributed by atoms with Gasteiger partial charge in [0.15, 0.2) is 0 Å². The zero-order valence-electron chi connectivity index (χ0n) is 12.7. The van der Waals surface area contributed by atoms with Crippen LogP contribution in [0.5, 0.6) is 0 Å². The summed E-state index contributed by atoms with van der Waals surface area (Å²) >= 11 is 0. The Balaban J connectivity index is 1.72. The molecule has 1 heterocycles. The predicted molar refractivity (Wildman–Crippen MR) is 91.2 cm³/mol. The molecular formula is C18H18N4O. The van der Waals surface area contributed by atoms with Crippen LogP contribution >= 0.6 is 0 Å². The van der Waals surface area contributed by atoms with Crippen LogP contribution in [-0.4, -0.2) is 12.5 Å². The van der Waals surface area contributed by atoms with Gasteiger partial charge in [0.25, 0.3) is 0 Å². The fourth-order valence-electron chi connectivity index (χ4n) is 2.70. The summed E-state index contributed by atoms with van der Waals surface area (Å²) in [6.07, 6.45) is 0.837. The molecule has 0 aromatic heterocycles. The van der Waals surface area contributed by atoms with E-state index in [0.29, 0.717) is 5.69 Å². The van der Waals surface area contributed by atoms with E-state index in [0.717, 1.165) is 24.3 Å². The molecule has 0 saturated carbocycles. The Labute approximate surface area is 135 Å². The molecule has 0 fully saturated rings. The van der Waals surface area contributed by atoms with Crippen LogP contribution in [0.15, 0.2) is 48.5 Å². The number of para-hydroxylation sites is 2. The Morgan fingerprint density at radius 1 is 1.17 bits per heavy atom. The number of rotatable bonds is 3. The van der Waals surface area contributed by atoms with Crippen molar-refractivity contribution in [1.82, 2.24) is 0 Å². The summed E-state index contributed by atoms with van der Waals surface area (Å²) in [5, 5.41) is 18.2. The van der Waals surface area contributed by atoms with Gasteiger partial charge in [0.1, 0.15) is 6.42 Å². The lowest BCUT2D eigenvalue weighted by atomic mass is 10.0. The van der Waals surface area contributed by atoms with Crippen molar-refractivity contribution in [3.8, 4) is 6.07 Å². The van der Waals surface area contributed by atoms with E-state index in [-0.39, 0.29) is 18.4 Å². The monoisotopic (exact) mass is 306 g/mol. The van der Waals surface area contributed by atoms with E-state index < -0.39 is 0 Å². The zero-order valence-corrected chi connectivity index (χ0v) is 12.7. The number of carbonyl (C=O) groups is 1. The third kappa shape index (κ3) is 3.61. The first-order valence-electron chi connectivity index (χ1n) is 7.62. The maximum absolute atomic E-state index is 11.4. The maximum Gasteiger partial charge on any atom is 0.238 e. The molecule has 0 bridgehead atoms. The lowest BCUT2D eigenvalue weighted by molar-refractivity contribution is -0.115. The SMILES string of the molecule is N#CCC(=O)Nc1ccc(C2CCNc3ccccc3N2)cc1. The summed E-state index contributed by atoms with van der Waals surface area (Å²) in [5.74, 6) is -0.286. The highest BCUT2D eigenvalue weighted by atomic mass is 16.1. The number of nitrogens with one attached hydrogen (secondary N) is 3. The highest BCUT2D eigenvalue weighted by molar-refractivity contribution is 5.92. The number of nitrogens with zero attached hydrogens (tertiary/aromatic N) is 1. The Kier molecular flexibility index (Phi) is 4.44. The molecule has 116 valence electrons. The maximum atomic E-state index is 11.4. The molecule has 1 unspecified atom stereocenters. The third-order valence-corrected chi connectivity index (χ3v) is 3.84. The number of hydrogen-bond acceptors (Lipinski definition) is 4. The minimum atomic E-state index is -0.286. The molecule has 2 aromatic rings. The van der Waals surface area contributed by atoms with Crippen molar-refractivity contribution in [1.29, 1.82) is 5.26 Å². The molecule has 23 heavy (non-hydrogen) atoms. The second-order valence-corrected chi connectivity index (χ2v) is 5.46. The summed E-state index contributed by atoms with van der Waals surface area (Å²) in [4.78, 5) is 11.4. The Morgan fingerprint density at radius 3 is 2.65 bits per heavy atom. The van der Waals surface area contributed by atoms with E-state index in [9.17, 15) is 4.79 Å². The van der Waals surface area contributed by atoms with E-state index in [2.05, 4.69) is 28.1 Å². The van der Waals surface area contributed by atoms with Crippen molar-refractivity contribution < 1.29 is 4.79 Å². The van der Waals surface area contributed by atoms with Crippen LogP contribution in [-0.2, 0) is 4.79 Å². The minimum absolute atomic E-state index is 0.131. The number of fused-ring (bicyclic) bond motifs is 1. The average molecular weight is 306 g/mol. The van der Waals surface area contributed by atoms with Crippen LogP contribution in [0.1, 0.15) is 24.4 Å². The molecule has 1 aliphatic heterocycles. The van der Waals surface area contributed by atoms with E-state index in [1.807, 2.05) is 42.5 Å². The number of anilines is 3. The lowest BCUT2D eigenvalue weighted by Crippen LogP contribution is -2.12. The van der Waals surface area contributed by atoms with Crippen molar-refractivity contribution in [3.63, 3.8) is 0 Å². The largest absolute Gasteiger partial charge is 0.383 e. The van der Waals surface area contributed by atoms with Gasteiger partial charge in [0.2, 0.25) is 5.91 Å². The summed E-state index contributed by atoms with van der Waals surface area (Å²) in [7, 11) is 0. The molecule has 0 radical (unpaired) electrons. The molecule has 3 rings (SSSR count). The highest BCUT2D eigenvalue weighted by Crippen LogP contribution is 2.31. The normalized spacial score (nSPS) is 16.0. The minimum Gasteiger partial charge on any atom is -0.383 e. The summed E-state index contributed by atoms with van der Waals surface area (Å²) in [6.45, 7) is 0.898. The molecule has 0 saturated heterocycles. The number of nitriles is 1. The van der Waals surface area contributed by atoms with Gasteiger partial charge in [0, 0.05) is 12.2 Å². The molecule has 2 aromatic carbocycles. The van der Waals surface area contributed by atoms with Gasteiger partial charge in [-0.3, -0.25) is 4.79 Å². The second kappa shape index (κ2) is 6.84. The van der Waals surface area contributed by atoms with Crippen LogP contribution < -0.4 is 16.0 Å². The van der Waals surface area contributed by atoms with Gasteiger partial charge >= 0.3 is 0 Å². The smallest absolute Gasteiger partial charge is 0.238 e. The second-order valence-electron chi connectivity index (χ2n) is 5.46. The predicted octanol–water partition coefficient (Wildman–Crippen LogP) is 3.51. The fourth-order valence-corrected chi connectivity index (χ4v) is 2.70. The number of hydrogen-bond donors (Lipinski definition) is 3. The van der Waals surface area contributed by atoms with Gasteiger partial charge in [-0.05, 0) is 36.2 Å². The van der Waals surface area contributed by atoms with Crippen LogP contribution in [0, 0.1) is 11.3 Å². The number of carbonyl (C=O) groups excluding carboxylic acids is 1. The van der Waals surface area contributed by atoms with Gasteiger partial charge in [0.05, 0.1) is 23.5 Å². The zero-order chi connectivity index (χ0) is 16.1. The molecule has 1 atom stereocenters. The molecule has 5 heteroatoms. The van der Waals surface area contributed by atoms with Gasteiger partial charge in [-0.25, -0.2) is 0 Å². The van der Waals surface area contributed by atoms with E-state index in [4.69, 9.17) is 5.26 Å². The highest BCUT2D eigenvalue weighted by Gasteiger charge is 2.16. The Morgan fingerprint density at radius 2 is 1.91 bits per heavy atom. The Bertz CT molecular complexity index is 733. The van der Waals surface area contributed by atoms with Crippen LogP contribution in [0.2, 0.25) is 0 Å². The van der Waals surface area contributed by atoms with E-state index in [1.54, 1.807) is 0 Å². The first-order valence-corrected chi connectivity index (χ1v) is 7.62. The molecule has 3 N–H and O–H groups in total. The van der Waals surface area contributed by atoms with Gasteiger partial charge in [-0.2, -0.15) is 5.26 Å². The summed E-state index contributed by atoms with van der Waals surface area (Å²) < 4.78 is 0. The topological polar surface area (TPSA) is 77.0 Å². The number of benzene rings is 2.